The third-order valence-corrected chi connectivity index (χ3v) is 3.87. The van der Waals surface area contributed by atoms with Crippen molar-refractivity contribution in [3.8, 4) is 0 Å². The summed E-state index contributed by atoms with van der Waals surface area (Å²) in [6.45, 7) is 5.88. The molecule has 6 heteroatoms. The summed E-state index contributed by atoms with van der Waals surface area (Å²) in [7, 11) is 0. The molecule has 0 fully saturated rings. The zero-order chi connectivity index (χ0) is 16.7. The molecule has 0 aromatic heterocycles. The molecule has 3 amide bonds. The van der Waals surface area contributed by atoms with Gasteiger partial charge >= 0.3 is 0 Å². The predicted octanol–water partition coefficient (Wildman–Crippen LogP) is 1.15. The van der Waals surface area contributed by atoms with Crippen molar-refractivity contribution in [3.63, 3.8) is 0 Å². The minimum absolute atomic E-state index is 0.202. The minimum Gasteiger partial charge on any atom is -0.345 e. The first-order valence-corrected chi connectivity index (χ1v) is 6.97. The van der Waals surface area contributed by atoms with Crippen molar-refractivity contribution in [1.82, 2.24) is 10.2 Å². The van der Waals surface area contributed by atoms with E-state index in [4.69, 9.17) is 0 Å². The van der Waals surface area contributed by atoms with Gasteiger partial charge in [-0.1, -0.05) is 12.1 Å². The summed E-state index contributed by atoms with van der Waals surface area (Å²) >= 11 is 0. The number of carbonyl (C=O) groups excluding carboxylic acids is 4. The lowest BCUT2D eigenvalue weighted by atomic mass is 10.0. The summed E-state index contributed by atoms with van der Waals surface area (Å²) in [6, 6.07) is 5.77. The maximum Gasteiger partial charge on any atom is 0.262 e. The third kappa shape index (κ3) is 2.41. The summed E-state index contributed by atoms with van der Waals surface area (Å²) in [5, 5.41) is 2.53. The number of carbonyl (C=O) groups is 4. The van der Waals surface area contributed by atoms with Gasteiger partial charge in [0.1, 0.15) is 5.54 Å². The van der Waals surface area contributed by atoms with E-state index in [0.717, 1.165) is 4.90 Å². The largest absolute Gasteiger partial charge is 0.345 e. The Morgan fingerprint density at radius 2 is 1.55 bits per heavy atom. The van der Waals surface area contributed by atoms with E-state index in [1.807, 2.05) is 0 Å². The number of hydrogen-bond donors (Lipinski definition) is 1. The first-order chi connectivity index (χ1) is 10.2. The van der Waals surface area contributed by atoms with Crippen LogP contribution < -0.4 is 5.32 Å². The van der Waals surface area contributed by atoms with Crippen molar-refractivity contribution in [2.24, 2.45) is 0 Å². The highest BCUT2D eigenvalue weighted by molar-refractivity contribution is 6.23. The Bertz CT molecular complexity index is 643. The second kappa shape index (κ2) is 5.36. The zero-order valence-corrected chi connectivity index (χ0v) is 13.0. The number of rotatable bonds is 4. The van der Waals surface area contributed by atoms with Crippen molar-refractivity contribution >= 4 is 23.5 Å². The van der Waals surface area contributed by atoms with Crippen molar-refractivity contribution in [3.05, 3.63) is 35.4 Å². The highest BCUT2D eigenvalue weighted by Crippen LogP contribution is 2.29. The Labute approximate surface area is 128 Å². The maximum atomic E-state index is 12.4. The lowest BCUT2D eigenvalue weighted by Gasteiger charge is -2.33. The molecule has 116 valence electrons. The number of ketones is 1. The van der Waals surface area contributed by atoms with Crippen LogP contribution in [0.1, 0.15) is 48.4 Å². The van der Waals surface area contributed by atoms with Crippen LogP contribution in [0.4, 0.5) is 0 Å². The standard InChI is InChI=1S/C16H18N2O4/c1-9(10(2)19)17-15(22)16(3,4)18-13(20)11-7-5-6-8-12(11)14(18)21/h5-9H,1-4H3,(H,17,22)/t9-/m1/s1. The van der Waals surface area contributed by atoms with Gasteiger partial charge < -0.3 is 5.32 Å². The molecular formula is C16H18N2O4. The third-order valence-electron chi connectivity index (χ3n) is 3.87. The first-order valence-electron chi connectivity index (χ1n) is 6.97. The number of fused-ring (bicyclic) bond motifs is 1. The maximum absolute atomic E-state index is 12.4. The highest BCUT2D eigenvalue weighted by atomic mass is 16.2. The van der Waals surface area contributed by atoms with E-state index in [-0.39, 0.29) is 16.9 Å². The lowest BCUT2D eigenvalue weighted by molar-refractivity contribution is -0.132. The number of hydrogen-bond acceptors (Lipinski definition) is 4. The van der Waals surface area contributed by atoms with Crippen LogP contribution in [0.15, 0.2) is 24.3 Å². The minimum atomic E-state index is -1.39. The second-order valence-corrected chi connectivity index (χ2v) is 5.86. The van der Waals surface area contributed by atoms with E-state index >= 15 is 0 Å². The number of Topliss-reactive ketones (excluding diaryl/α,β-unsaturated/α-hetero) is 1. The van der Waals surface area contributed by atoms with Gasteiger partial charge in [-0.25, -0.2) is 0 Å². The fraction of sp³-hybridized carbons (Fsp3) is 0.375. The Hall–Kier alpha value is -2.50. The highest BCUT2D eigenvalue weighted by Gasteiger charge is 2.48. The number of benzene rings is 1. The van der Waals surface area contributed by atoms with Crippen molar-refractivity contribution in [2.75, 3.05) is 0 Å². The van der Waals surface area contributed by atoms with E-state index in [9.17, 15) is 19.2 Å². The monoisotopic (exact) mass is 302 g/mol. The first kappa shape index (κ1) is 15.9. The lowest BCUT2D eigenvalue weighted by Crippen LogP contribution is -2.59. The van der Waals surface area contributed by atoms with E-state index in [1.165, 1.54) is 20.8 Å². The molecule has 22 heavy (non-hydrogen) atoms. The topological polar surface area (TPSA) is 83.6 Å². The van der Waals surface area contributed by atoms with Gasteiger partial charge in [-0.15, -0.1) is 0 Å². The molecule has 2 rings (SSSR count). The van der Waals surface area contributed by atoms with Gasteiger partial charge in [0, 0.05) is 0 Å². The predicted molar refractivity (Wildman–Crippen MR) is 79.3 cm³/mol. The van der Waals surface area contributed by atoms with Crippen LogP contribution in [0.5, 0.6) is 0 Å². The Balaban J connectivity index is 2.31. The van der Waals surface area contributed by atoms with Crippen LogP contribution in [-0.2, 0) is 9.59 Å². The molecule has 6 nitrogen and oxygen atoms in total. The van der Waals surface area contributed by atoms with Crippen molar-refractivity contribution < 1.29 is 19.2 Å². The van der Waals surface area contributed by atoms with Crippen molar-refractivity contribution in [1.29, 1.82) is 0 Å². The molecule has 0 bridgehead atoms. The number of amides is 3. The van der Waals surface area contributed by atoms with Crippen LogP contribution in [0.25, 0.3) is 0 Å². The number of imide groups is 1. The van der Waals surface area contributed by atoms with Gasteiger partial charge in [0.05, 0.1) is 17.2 Å². The van der Waals surface area contributed by atoms with Crippen LogP contribution in [0.2, 0.25) is 0 Å². The van der Waals surface area contributed by atoms with Crippen LogP contribution in [0, 0.1) is 0 Å². The van der Waals surface area contributed by atoms with Crippen LogP contribution >= 0.6 is 0 Å². The molecule has 0 saturated heterocycles. The van der Waals surface area contributed by atoms with Crippen LogP contribution in [-0.4, -0.2) is 40.0 Å². The number of nitrogens with zero attached hydrogens (tertiary/aromatic N) is 1. The summed E-state index contributed by atoms with van der Waals surface area (Å²) in [5.41, 5.74) is -0.822. The molecule has 0 spiro atoms. The molecule has 0 aliphatic carbocycles. The normalized spacial score (nSPS) is 15.5. The van der Waals surface area contributed by atoms with Crippen molar-refractivity contribution in [2.45, 2.75) is 39.3 Å². The van der Waals surface area contributed by atoms with Gasteiger partial charge in [0.25, 0.3) is 11.8 Å². The molecule has 1 aliphatic heterocycles. The Morgan fingerprint density at radius 3 is 1.95 bits per heavy atom. The molecule has 1 heterocycles. The Kier molecular flexibility index (Phi) is 3.87. The van der Waals surface area contributed by atoms with Gasteiger partial charge in [0.15, 0.2) is 5.78 Å². The van der Waals surface area contributed by atoms with Crippen LogP contribution in [0.3, 0.4) is 0 Å². The molecule has 1 aromatic carbocycles. The summed E-state index contributed by atoms with van der Waals surface area (Å²) in [4.78, 5) is 49.5. The van der Waals surface area contributed by atoms with Gasteiger partial charge in [-0.2, -0.15) is 0 Å². The molecule has 1 N–H and O–H groups in total. The SMILES string of the molecule is CC(=O)[C@@H](C)NC(=O)C(C)(C)N1C(=O)c2ccccc2C1=O. The average Bonchev–Trinajstić information content (AvgIpc) is 2.71. The molecular weight excluding hydrogens is 284 g/mol. The fourth-order valence-corrected chi connectivity index (χ4v) is 2.27. The fourth-order valence-electron chi connectivity index (χ4n) is 2.27. The Morgan fingerprint density at radius 1 is 1.09 bits per heavy atom. The molecule has 0 radical (unpaired) electrons. The quantitative estimate of drug-likeness (QED) is 0.846. The molecule has 1 atom stereocenters. The van der Waals surface area contributed by atoms with E-state index in [2.05, 4.69) is 5.32 Å². The number of nitrogens with one attached hydrogen (secondary N) is 1. The van der Waals surface area contributed by atoms with E-state index in [0.29, 0.717) is 0 Å². The zero-order valence-electron chi connectivity index (χ0n) is 13.0. The molecule has 1 aromatic rings. The summed E-state index contributed by atoms with van der Waals surface area (Å²) < 4.78 is 0. The molecule has 1 aliphatic rings. The molecule has 0 unspecified atom stereocenters. The average molecular weight is 302 g/mol. The van der Waals surface area contributed by atoms with Gasteiger partial charge in [-0.05, 0) is 39.8 Å². The molecule has 0 saturated carbocycles. The van der Waals surface area contributed by atoms with Gasteiger partial charge in [-0.3, -0.25) is 24.1 Å². The second-order valence-electron chi connectivity index (χ2n) is 5.86. The summed E-state index contributed by atoms with van der Waals surface area (Å²) in [6.07, 6.45) is 0. The van der Waals surface area contributed by atoms with E-state index < -0.39 is 29.3 Å². The van der Waals surface area contributed by atoms with Gasteiger partial charge in [0.2, 0.25) is 5.91 Å². The van der Waals surface area contributed by atoms with E-state index in [1.54, 1.807) is 31.2 Å². The summed E-state index contributed by atoms with van der Waals surface area (Å²) in [5.74, 6) is -1.76. The smallest absolute Gasteiger partial charge is 0.262 e.